The number of alkyl halides is 3. The number of anilines is 3. The van der Waals surface area contributed by atoms with Gasteiger partial charge in [0.05, 0.1) is 18.9 Å². The van der Waals surface area contributed by atoms with Crippen molar-refractivity contribution in [2.45, 2.75) is 52.3 Å². The van der Waals surface area contributed by atoms with Gasteiger partial charge in [0.15, 0.2) is 11.5 Å². The van der Waals surface area contributed by atoms with Crippen molar-refractivity contribution < 1.29 is 17.9 Å². The summed E-state index contributed by atoms with van der Waals surface area (Å²) in [6.45, 7) is 10.9. The molecule has 9 nitrogen and oxygen atoms in total. The Hall–Kier alpha value is -3.93. The van der Waals surface area contributed by atoms with E-state index in [0.717, 1.165) is 43.9 Å². The number of nitrogens with zero attached hydrogens (tertiary/aromatic N) is 6. The summed E-state index contributed by atoms with van der Waals surface area (Å²) in [4.78, 5) is 28.9. The fraction of sp³-hybridized carbons (Fsp3) is 0.429. The number of aryl methyl sites for hydroxylation is 1. The first kappa shape index (κ1) is 27.6. The maximum absolute atomic E-state index is 13.8. The zero-order valence-electron chi connectivity index (χ0n) is 23.1. The lowest BCUT2D eigenvalue weighted by Crippen LogP contribution is -2.37. The van der Waals surface area contributed by atoms with Crippen molar-refractivity contribution >= 4 is 28.4 Å². The van der Waals surface area contributed by atoms with Gasteiger partial charge in [0.2, 0.25) is 5.95 Å². The van der Waals surface area contributed by atoms with Crippen molar-refractivity contribution in [3.63, 3.8) is 0 Å². The van der Waals surface area contributed by atoms with Crippen LogP contribution in [0.1, 0.15) is 45.0 Å². The Labute approximate surface area is 229 Å². The Balaban J connectivity index is 1.56. The van der Waals surface area contributed by atoms with Gasteiger partial charge in [-0.2, -0.15) is 18.2 Å². The predicted octanol–water partition coefficient (Wildman–Crippen LogP) is 5.29. The number of rotatable bonds is 6. The highest BCUT2D eigenvalue weighted by atomic mass is 19.4. The van der Waals surface area contributed by atoms with E-state index in [1.165, 1.54) is 27.7 Å². The molecule has 4 heterocycles. The minimum Gasteiger partial charge on any atom is -0.378 e. The molecule has 40 heavy (non-hydrogen) atoms. The van der Waals surface area contributed by atoms with Gasteiger partial charge >= 0.3 is 6.18 Å². The van der Waals surface area contributed by atoms with Crippen molar-refractivity contribution in [3.05, 3.63) is 64.2 Å². The third-order valence-corrected chi connectivity index (χ3v) is 7.22. The smallest absolute Gasteiger partial charge is 0.378 e. The second-order valence-electron chi connectivity index (χ2n) is 10.7. The van der Waals surface area contributed by atoms with E-state index in [0.29, 0.717) is 13.2 Å². The van der Waals surface area contributed by atoms with Crippen LogP contribution in [0.3, 0.4) is 0 Å². The van der Waals surface area contributed by atoms with Gasteiger partial charge in [-0.05, 0) is 70.5 Å². The summed E-state index contributed by atoms with van der Waals surface area (Å²) in [5.74, 6) is 0.401. The summed E-state index contributed by atoms with van der Waals surface area (Å²) in [6, 6.07) is 10.0. The molecule has 1 N–H and O–H groups in total. The van der Waals surface area contributed by atoms with E-state index in [2.05, 4.69) is 25.2 Å². The van der Waals surface area contributed by atoms with Crippen molar-refractivity contribution in [1.29, 1.82) is 0 Å². The molecule has 0 aliphatic carbocycles. The monoisotopic (exact) mass is 555 g/mol. The Morgan fingerprint density at radius 2 is 1.77 bits per heavy atom. The number of pyridine rings is 1. The average molecular weight is 556 g/mol. The Morgan fingerprint density at radius 1 is 1.05 bits per heavy atom. The van der Waals surface area contributed by atoms with Crippen molar-refractivity contribution in [2.75, 3.05) is 36.5 Å². The maximum Gasteiger partial charge on any atom is 0.399 e. The average Bonchev–Trinajstić information content (AvgIpc) is 3.20. The first-order chi connectivity index (χ1) is 18.9. The predicted molar refractivity (Wildman–Crippen MR) is 148 cm³/mol. The summed E-state index contributed by atoms with van der Waals surface area (Å²) < 4.78 is 49.7. The van der Waals surface area contributed by atoms with Crippen molar-refractivity contribution in [1.82, 2.24) is 24.3 Å². The van der Waals surface area contributed by atoms with Gasteiger partial charge in [-0.3, -0.25) is 4.79 Å². The molecule has 212 valence electrons. The van der Waals surface area contributed by atoms with Crippen LogP contribution >= 0.6 is 0 Å². The summed E-state index contributed by atoms with van der Waals surface area (Å²) in [6.07, 6.45) is -3.08. The number of halogens is 3. The number of morpholine rings is 1. The molecule has 1 aliphatic heterocycles. The van der Waals surface area contributed by atoms with E-state index >= 15 is 0 Å². The van der Waals surface area contributed by atoms with Crippen LogP contribution in [0.4, 0.5) is 30.5 Å². The summed E-state index contributed by atoms with van der Waals surface area (Å²) >= 11 is 0. The first-order valence-electron chi connectivity index (χ1n) is 13.1. The van der Waals surface area contributed by atoms with Crippen LogP contribution < -0.4 is 15.8 Å². The lowest BCUT2D eigenvalue weighted by Gasteiger charge is -2.30. The van der Waals surface area contributed by atoms with E-state index in [1.54, 1.807) is 6.07 Å². The molecule has 1 fully saturated rings. The van der Waals surface area contributed by atoms with Crippen molar-refractivity contribution in [3.8, 4) is 5.82 Å². The number of aromatic nitrogens is 5. The van der Waals surface area contributed by atoms with Crippen LogP contribution in [0.5, 0.6) is 0 Å². The van der Waals surface area contributed by atoms with Gasteiger partial charge in [-0.1, -0.05) is 6.07 Å². The van der Waals surface area contributed by atoms with Crippen LogP contribution in [0, 0.1) is 6.92 Å². The SMILES string of the molecule is Cc1cc(Nc2ncc3c(=O)n(C(C)C)n(-c4cccc(C(C)(C)C(F)(F)F)n4)c3n2)ccc1N1CCOCC1. The highest BCUT2D eigenvalue weighted by Gasteiger charge is 2.49. The highest BCUT2D eigenvalue weighted by molar-refractivity contribution is 5.77. The van der Waals surface area contributed by atoms with Gasteiger partial charge in [0, 0.05) is 36.7 Å². The molecule has 12 heteroatoms. The molecule has 0 radical (unpaired) electrons. The standard InChI is InChI=1S/C28H32F3N7O2/c1-17(2)37-25(39)20-16-32-26(33-19-9-10-21(18(3)15-19)36-11-13-40-14-12-36)35-24(20)38(37)23-8-6-7-22(34-23)27(4,5)28(29,30)31/h6-10,15-17H,11-14H2,1-5H3,(H,32,33,35). The Morgan fingerprint density at radius 3 is 2.42 bits per heavy atom. The molecule has 0 spiro atoms. The van der Waals surface area contributed by atoms with Gasteiger partial charge in [-0.25, -0.2) is 19.3 Å². The molecular formula is C28H32F3N7O2. The molecule has 0 amide bonds. The molecule has 0 unspecified atom stereocenters. The van der Waals surface area contributed by atoms with Crippen LogP contribution in [0.15, 0.2) is 47.4 Å². The molecular weight excluding hydrogens is 523 g/mol. The molecule has 3 aromatic heterocycles. The summed E-state index contributed by atoms with van der Waals surface area (Å²) in [5, 5.41) is 3.44. The third-order valence-electron chi connectivity index (χ3n) is 7.22. The van der Waals surface area contributed by atoms with E-state index in [9.17, 15) is 18.0 Å². The lowest BCUT2D eigenvalue weighted by molar-refractivity contribution is -0.181. The number of ether oxygens (including phenoxy) is 1. The minimum atomic E-state index is -4.51. The van der Waals surface area contributed by atoms with Gasteiger partial charge in [0.1, 0.15) is 10.8 Å². The van der Waals surface area contributed by atoms with E-state index in [1.807, 2.05) is 39.0 Å². The van der Waals surface area contributed by atoms with E-state index in [4.69, 9.17) is 4.74 Å². The first-order valence-corrected chi connectivity index (χ1v) is 13.1. The zero-order valence-corrected chi connectivity index (χ0v) is 23.1. The number of fused-ring (bicyclic) bond motifs is 1. The molecule has 0 saturated carbocycles. The molecule has 5 rings (SSSR count). The summed E-state index contributed by atoms with van der Waals surface area (Å²) in [5.41, 5.74) is 0.493. The fourth-order valence-electron chi connectivity index (χ4n) is 4.80. The molecule has 1 aromatic carbocycles. The quantitative estimate of drug-likeness (QED) is 0.346. The third kappa shape index (κ3) is 4.91. The van der Waals surface area contributed by atoms with Crippen LogP contribution in [-0.4, -0.2) is 56.8 Å². The van der Waals surface area contributed by atoms with Crippen LogP contribution in [-0.2, 0) is 10.2 Å². The number of benzene rings is 1. The van der Waals surface area contributed by atoms with Crippen LogP contribution in [0.25, 0.3) is 16.9 Å². The largest absolute Gasteiger partial charge is 0.399 e. The normalized spacial score (nSPS) is 14.8. The molecule has 4 aromatic rings. The molecule has 0 bridgehead atoms. The highest BCUT2D eigenvalue weighted by Crippen LogP contribution is 2.39. The lowest BCUT2D eigenvalue weighted by atomic mass is 9.88. The maximum atomic E-state index is 13.8. The zero-order chi connectivity index (χ0) is 28.8. The number of hydrogen-bond acceptors (Lipinski definition) is 7. The topological polar surface area (TPSA) is 90.1 Å². The summed E-state index contributed by atoms with van der Waals surface area (Å²) in [7, 11) is 0. The van der Waals surface area contributed by atoms with Crippen LogP contribution in [0.2, 0.25) is 0 Å². The second kappa shape index (κ2) is 10.2. The van der Waals surface area contributed by atoms with Gasteiger partial charge in [0.25, 0.3) is 5.56 Å². The molecule has 1 saturated heterocycles. The molecule has 0 atom stereocenters. The number of hydrogen-bond donors (Lipinski definition) is 1. The minimum absolute atomic E-state index is 0.158. The Kier molecular flexibility index (Phi) is 7.07. The van der Waals surface area contributed by atoms with E-state index < -0.39 is 11.6 Å². The van der Waals surface area contributed by atoms with E-state index in [-0.39, 0.29) is 40.1 Å². The fourth-order valence-corrected chi connectivity index (χ4v) is 4.80. The number of nitrogens with one attached hydrogen (secondary N) is 1. The van der Waals surface area contributed by atoms with Gasteiger partial charge < -0.3 is 15.0 Å². The second-order valence-corrected chi connectivity index (χ2v) is 10.7. The van der Waals surface area contributed by atoms with Gasteiger partial charge in [-0.15, -0.1) is 0 Å². The Bertz CT molecular complexity index is 1600. The van der Waals surface area contributed by atoms with Crippen molar-refractivity contribution in [2.24, 2.45) is 0 Å². The molecule has 1 aliphatic rings.